The van der Waals surface area contributed by atoms with E-state index in [1.807, 2.05) is 0 Å². The lowest BCUT2D eigenvalue weighted by Crippen LogP contribution is -2.18. The topological polar surface area (TPSA) is 60.4 Å². The summed E-state index contributed by atoms with van der Waals surface area (Å²) in [7, 11) is -4.02. The number of benzene rings is 1. The maximum Gasteiger partial charge on any atom is 0.305 e. The van der Waals surface area contributed by atoms with Crippen molar-refractivity contribution in [1.29, 1.82) is 0 Å². The van der Waals surface area contributed by atoms with Gasteiger partial charge in [-0.3, -0.25) is 4.79 Å². The van der Waals surface area contributed by atoms with E-state index in [4.69, 9.17) is 0 Å². The zero-order valence-corrected chi connectivity index (χ0v) is 10.8. The van der Waals surface area contributed by atoms with Crippen molar-refractivity contribution < 1.29 is 22.3 Å². The Morgan fingerprint density at radius 2 is 1.94 bits per heavy atom. The van der Waals surface area contributed by atoms with Crippen LogP contribution in [-0.2, 0) is 19.4 Å². The summed E-state index contributed by atoms with van der Waals surface area (Å²) < 4.78 is 41.8. The van der Waals surface area contributed by atoms with Crippen molar-refractivity contribution in [3.8, 4) is 0 Å². The Bertz CT molecular complexity index is 484. The smallest absolute Gasteiger partial charge is 0.305 e. The molecule has 4 nitrogen and oxygen atoms in total. The SMILES string of the molecule is CCOC(=O)CCC(F)S(=O)(=O)c1ccccc1. The Labute approximate surface area is 106 Å². The molecule has 100 valence electrons. The number of alkyl halides is 1. The number of hydrogen-bond acceptors (Lipinski definition) is 4. The first-order valence-corrected chi connectivity index (χ1v) is 7.11. The Morgan fingerprint density at radius 1 is 1.33 bits per heavy atom. The fourth-order valence-electron chi connectivity index (χ4n) is 1.38. The highest BCUT2D eigenvalue weighted by Crippen LogP contribution is 2.20. The third-order valence-corrected chi connectivity index (χ3v) is 4.13. The van der Waals surface area contributed by atoms with Crippen LogP contribution in [0, 0.1) is 0 Å². The van der Waals surface area contributed by atoms with Crippen LogP contribution in [0.5, 0.6) is 0 Å². The fourth-order valence-corrected chi connectivity index (χ4v) is 2.64. The molecule has 1 aromatic carbocycles. The van der Waals surface area contributed by atoms with Crippen molar-refractivity contribution in [2.75, 3.05) is 6.61 Å². The number of hydrogen-bond donors (Lipinski definition) is 0. The summed E-state index contributed by atoms with van der Waals surface area (Å²) in [5.41, 5.74) is -2.09. The predicted octanol–water partition coefficient (Wildman–Crippen LogP) is 2.10. The van der Waals surface area contributed by atoms with Gasteiger partial charge < -0.3 is 4.74 Å². The number of rotatable bonds is 6. The summed E-state index contributed by atoms with van der Waals surface area (Å²) in [6.45, 7) is 1.83. The molecule has 0 fully saturated rings. The molecular weight excluding hydrogens is 259 g/mol. The third-order valence-electron chi connectivity index (χ3n) is 2.29. The zero-order valence-electron chi connectivity index (χ0n) is 10.0. The Hall–Kier alpha value is -1.43. The second kappa shape index (κ2) is 6.49. The highest BCUT2D eigenvalue weighted by Gasteiger charge is 2.27. The van der Waals surface area contributed by atoms with Crippen LogP contribution >= 0.6 is 0 Å². The Kier molecular flexibility index (Phi) is 5.27. The lowest BCUT2D eigenvalue weighted by molar-refractivity contribution is -0.143. The van der Waals surface area contributed by atoms with E-state index in [9.17, 15) is 17.6 Å². The predicted molar refractivity (Wildman–Crippen MR) is 64.4 cm³/mol. The van der Waals surface area contributed by atoms with Gasteiger partial charge in [-0.25, -0.2) is 12.8 Å². The van der Waals surface area contributed by atoms with Gasteiger partial charge in [0.05, 0.1) is 11.5 Å². The number of halogens is 1. The minimum Gasteiger partial charge on any atom is -0.466 e. The molecule has 1 unspecified atom stereocenters. The van der Waals surface area contributed by atoms with Gasteiger partial charge in [0.25, 0.3) is 0 Å². The van der Waals surface area contributed by atoms with Crippen molar-refractivity contribution in [1.82, 2.24) is 0 Å². The molecule has 0 N–H and O–H groups in total. The first-order valence-electron chi connectivity index (χ1n) is 5.57. The second-order valence-electron chi connectivity index (χ2n) is 3.61. The number of carbonyl (C=O) groups excluding carboxylic acids is 1. The van der Waals surface area contributed by atoms with E-state index in [0.29, 0.717) is 0 Å². The van der Waals surface area contributed by atoms with Gasteiger partial charge in [-0.2, -0.15) is 0 Å². The van der Waals surface area contributed by atoms with Crippen molar-refractivity contribution >= 4 is 15.8 Å². The highest BCUT2D eigenvalue weighted by atomic mass is 32.2. The minimum absolute atomic E-state index is 0.0821. The van der Waals surface area contributed by atoms with Crippen molar-refractivity contribution in [2.24, 2.45) is 0 Å². The average Bonchev–Trinajstić information content (AvgIpc) is 2.37. The van der Waals surface area contributed by atoms with Gasteiger partial charge >= 0.3 is 5.97 Å². The van der Waals surface area contributed by atoms with Gasteiger partial charge in [0.15, 0.2) is 0 Å². The van der Waals surface area contributed by atoms with Gasteiger partial charge in [0.2, 0.25) is 15.3 Å². The standard InChI is InChI=1S/C12H15FO4S/c1-2-17-12(14)9-8-11(13)18(15,16)10-6-4-3-5-7-10/h3-7,11H,2,8-9H2,1H3. The molecule has 1 aromatic rings. The molecule has 0 spiro atoms. The summed E-state index contributed by atoms with van der Waals surface area (Å²) in [5, 5.41) is 0. The van der Waals surface area contributed by atoms with E-state index in [-0.39, 0.29) is 17.9 Å². The van der Waals surface area contributed by atoms with Crippen LogP contribution in [0.2, 0.25) is 0 Å². The van der Waals surface area contributed by atoms with Gasteiger partial charge in [0, 0.05) is 12.8 Å². The molecule has 0 bridgehead atoms. The average molecular weight is 274 g/mol. The minimum atomic E-state index is -4.02. The van der Waals surface area contributed by atoms with Crippen molar-refractivity contribution in [2.45, 2.75) is 30.2 Å². The molecule has 0 aliphatic heterocycles. The quantitative estimate of drug-likeness (QED) is 0.745. The van der Waals surface area contributed by atoms with E-state index in [2.05, 4.69) is 4.74 Å². The summed E-state index contributed by atoms with van der Waals surface area (Å²) in [6, 6.07) is 7.33. The van der Waals surface area contributed by atoms with Gasteiger partial charge in [-0.15, -0.1) is 0 Å². The zero-order chi connectivity index (χ0) is 13.6. The van der Waals surface area contributed by atoms with Gasteiger partial charge in [0.1, 0.15) is 0 Å². The van der Waals surface area contributed by atoms with Crippen LogP contribution in [0.3, 0.4) is 0 Å². The molecule has 0 aliphatic rings. The third kappa shape index (κ3) is 3.80. The lowest BCUT2D eigenvalue weighted by Gasteiger charge is -2.09. The van der Waals surface area contributed by atoms with Crippen LogP contribution in [0.15, 0.2) is 35.2 Å². The second-order valence-corrected chi connectivity index (χ2v) is 5.68. The number of sulfone groups is 1. The van der Waals surface area contributed by atoms with Crippen molar-refractivity contribution in [3.63, 3.8) is 0 Å². The number of ether oxygens (including phenoxy) is 1. The monoisotopic (exact) mass is 274 g/mol. The summed E-state index contributed by atoms with van der Waals surface area (Å²) in [4.78, 5) is 10.9. The van der Waals surface area contributed by atoms with E-state index in [1.54, 1.807) is 13.0 Å². The van der Waals surface area contributed by atoms with Gasteiger partial charge in [-0.1, -0.05) is 18.2 Å². The van der Waals surface area contributed by atoms with Crippen molar-refractivity contribution in [3.05, 3.63) is 30.3 Å². The molecule has 0 radical (unpaired) electrons. The number of carbonyl (C=O) groups is 1. The molecule has 18 heavy (non-hydrogen) atoms. The maximum atomic E-state index is 13.7. The molecule has 0 saturated heterocycles. The molecule has 0 aliphatic carbocycles. The first kappa shape index (κ1) is 14.6. The van der Waals surface area contributed by atoms with E-state index >= 15 is 0 Å². The normalized spacial score (nSPS) is 13.0. The van der Waals surface area contributed by atoms with E-state index in [1.165, 1.54) is 24.3 Å². The molecule has 1 atom stereocenters. The van der Waals surface area contributed by atoms with Gasteiger partial charge in [-0.05, 0) is 19.1 Å². The summed E-state index contributed by atoms with van der Waals surface area (Å²) in [6.07, 6.45) is -0.642. The molecule has 0 heterocycles. The largest absolute Gasteiger partial charge is 0.466 e. The number of esters is 1. The van der Waals surface area contributed by atoms with Crippen LogP contribution in [0.1, 0.15) is 19.8 Å². The van der Waals surface area contributed by atoms with Crippen LogP contribution in [-0.4, -0.2) is 26.5 Å². The first-order chi connectivity index (χ1) is 8.48. The molecule has 6 heteroatoms. The van der Waals surface area contributed by atoms with E-state index in [0.717, 1.165) is 0 Å². The van der Waals surface area contributed by atoms with Crippen LogP contribution < -0.4 is 0 Å². The summed E-state index contributed by atoms with van der Waals surface area (Å²) >= 11 is 0. The highest BCUT2D eigenvalue weighted by molar-refractivity contribution is 7.91. The Balaban J connectivity index is 2.66. The summed E-state index contributed by atoms with van der Waals surface area (Å²) in [5.74, 6) is -0.594. The van der Waals surface area contributed by atoms with E-state index < -0.39 is 27.7 Å². The molecule has 0 aromatic heterocycles. The van der Waals surface area contributed by atoms with Crippen LogP contribution in [0.25, 0.3) is 0 Å². The fraction of sp³-hybridized carbons (Fsp3) is 0.417. The molecule has 1 rings (SSSR count). The maximum absolute atomic E-state index is 13.7. The molecule has 0 amide bonds. The molecular formula is C12H15FO4S. The molecule has 0 saturated carbocycles. The lowest BCUT2D eigenvalue weighted by atomic mass is 10.3. The van der Waals surface area contributed by atoms with Crippen LogP contribution in [0.4, 0.5) is 4.39 Å². The Morgan fingerprint density at radius 3 is 2.50 bits per heavy atom.